The van der Waals surface area contributed by atoms with Crippen molar-refractivity contribution in [3.8, 4) is 11.3 Å². The van der Waals surface area contributed by atoms with Crippen LogP contribution in [0.4, 0.5) is 0 Å². The molecule has 108 valence electrons. The van der Waals surface area contributed by atoms with Crippen molar-refractivity contribution in [1.82, 2.24) is 15.3 Å². The maximum atomic E-state index is 5.09. The molecule has 0 aliphatic heterocycles. The number of methoxy groups -OCH3 is 1. The summed E-state index contributed by atoms with van der Waals surface area (Å²) in [4.78, 5) is 7.75. The molecule has 0 saturated heterocycles. The van der Waals surface area contributed by atoms with Crippen molar-refractivity contribution in [1.29, 1.82) is 0 Å². The summed E-state index contributed by atoms with van der Waals surface area (Å²) >= 11 is 0. The Kier molecular flexibility index (Phi) is 5.32. The lowest BCUT2D eigenvalue weighted by molar-refractivity contribution is 0.202. The van der Waals surface area contributed by atoms with Gasteiger partial charge in [0.15, 0.2) is 0 Å². The second-order valence-electron chi connectivity index (χ2n) is 5.22. The molecule has 0 aliphatic carbocycles. The normalized spacial score (nSPS) is 11.2. The van der Waals surface area contributed by atoms with Gasteiger partial charge in [-0.05, 0) is 17.5 Å². The molecule has 1 aromatic carbocycles. The van der Waals surface area contributed by atoms with Crippen LogP contribution in [0.25, 0.3) is 11.3 Å². The largest absolute Gasteiger partial charge is 0.384 e. The predicted octanol–water partition coefficient (Wildman–Crippen LogP) is 2.76. The van der Waals surface area contributed by atoms with E-state index < -0.39 is 0 Å². The van der Waals surface area contributed by atoms with Crippen LogP contribution in [-0.4, -0.2) is 29.7 Å². The molecule has 0 aliphatic rings. The number of nitrogens with one attached hydrogen (secondary N) is 2. The highest BCUT2D eigenvalue weighted by atomic mass is 16.5. The number of rotatable bonds is 7. The summed E-state index contributed by atoms with van der Waals surface area (Å²) < 4.78 is 5.09. The minimum absolute atomic E-state index is 0.462. The van der Waals surface area contributed by atoms with Crippen molar-refractivity contribution in [3.63, 3.8) is 0 Å². The maximum absolute atomic E-state index is 5.09. The highest BCUT2D eigenvalue weighted by Gasteiger charge is 2.04. The monoisotopic (exact) mass is 273 g/mol. The average Bonchev–Trinajstić information content (AvgIpc) is 2.92. The highest BCUT2D eigenvalue weighted by Crippen LogP contribution is 2.18. The van der Waals surface area contributed by atoms with E-state index in [1.165, 1.54) is 5.56 Å². The smallest absolute Gasteiger partial charge is 0.120 e. The van der Waals surface area contributed by atoms with Crippen molar-refractivity contribution in [3.05, 3.63) is 41.9 Å². The fourth-order valence-corrected chi connectivity index (χ4v) is 1.97. The summed E-state index contributed by atoms with van der Waals surface area (Å²) in [7, 11) is 1.73. The van der Waals surface area contributed by atoms with Gasteiger partial charge < -0.3 is 15.0 Å². The van der Waals surface area contributed by atoms with Crippen molar-refractivity contribution in [2.24, 2.45) is 0 Å². The molecular formula is C16H23N3O. The Morgan fingerprint density at radius 3 is 2.65 bits per heavy atom. The van der Waals surface area contributed by atoms with E-state index in [0.717, 1.165) is 36.7 Å². The van der Waals surface area contributed by atoms with Crippen LogP contribution < -0.4 is 5.32 Å². The molecule has 4 nitrogen and oxygen atoms in total. The zero-order chi connectivity index (χ0) is 14.4. The Morgan fingerprint density at radius 1 is 1.25 bits per heavy atom. The number of imidazole rings is 1. The number of hydrogen-bond acceptors (Lipinski definition) is 3. The fourth-order valence-electron chi connectivity index (χ4n) is 1.97. The Balaban J connectivity index is 2.00. The van der Waals surface area contributed by atoms with Gasteiger partial charge in [0, 0.05) is 13.2 Å². The third kappa shape index (κ3) is 4.18. The molecule has 2 rings (SSSR count). The molecule has 0 atom stereocenters. The Morgan fingerprint density at radius 2 is 2.00 bits per heavy atom. The first-order valence-corrected chi connectivity index (χ1v) is 7.04. The minimum atomic E-state index is 0.462. The van der Waals surface area contributed by atoms with Crippen molar-refractivity contribution in [2.75, 3.05) is 13.7 Å². The summed E-state index contributed by atoms with van der Waals surface area (Å²) in [6.45, 7) is 5.78. The first-order valence-electron chi connectivity index (χ1n) is 7.04. The number of aromatic nitrogens is 2. The number of nitrogens with zero attached hydrogens (tertiary/aromatic N) is 1. The van der Waals surface area contributed by atoms with Gasteiger partial charge in [0.1, 0.15) is 5.82 Å². The zero-order valence-electron chi connectivity index (χ0n) is 12.4. The van der Waals surface area contributed by atoms with Gasteiger partial charge in [-0.15, -0.1) is 0 Å². The van der Waals surface area contributed by atoms with E-state index in [4.69, 9.17) is 4.74 Å². The van der Waals surface area contributed by atoms with Gasteiger partial charge in [0.25, 0.3) is 0 Å². The molecular weight excluding hydrogens is 250 g/mol. The van der Waals surface area contributed by atoms with Gasteiger partial charge in [0.2, 0.25) is 0 Å². The molecule has 0 radical (unpaired) electrons. The van der Waals surface area contributed by atoms with Crippen LogP contribution in [-0.2, 0) is 17.7 Å². The standard InChI is InChI=1S/C16H23N3O/c1-12(2)17-11-16-18-10-15(19-16)14-6-4-13(5-7-14)8-9-20-3/h4-7,10,12,17H,8-9,11H2,1-3H3,(H,18,19). The lowest BCUT2D eigenvalue weighted by atomic mass is 10.1. The van der Waals surface area contributed by atoms with Crippen LogP contribution in [0.15, 0.2) is 30.5 Å². The fraction of sp³-hybridized carbons (Fsp3) is 0.438. The van der Waals surface area contributed by atoms with Gasteiger partial charge >= 0.3 is 0 Å². The molecule has 0 fully saturated rings. The molecule has 0 unspecified atom stereocenters. The Hall–Kier alpha value is -1.65. The SMILES string of the molecule is COCCc1ccc(-c2cnc(CNC(C)C)[nH]2)cc1. The molecule has 4 heteroatoms. The van der Waals surface area contributed by atoms with Crippen molar-refractivity contribution >= 4 is 0 Å². The number of aromatic amines is 1. The van der Waals surface area contributed by atoms with E-state index in [-0.39, 0.29) is 0 Å². The van der Waals surface area contributed by atoms with E-state index in [9.17, 15) is 0 Å². The molecule has 1 heterocycles. The van der Waals surface area contributed by atoms with Crippen LogP contribution in [0.5, 0.6) is 0 Å². The third-order valence-corrected chi connectivity index (χ3v) is 3.17. The van der Waals surface area contributed by atoms with E-state index in [2.05, 4.69) is 53.4 Å². The predicted molar refractivity (Wildman–Crippen MR) is 81.6 cm³/mol. The Labute approximate surface area is 120 Å². The number of H-pyrrole nitrogens is 1. The molecule has 0 spiro atoms. The number of hydrogen-bond donors (Lipinski definition) is 2. The van der Waals surface area contributed by atoms with Gasteiger partial charge in [-0.25, -0.2) is 4.98 Å². The zero-order valence-corrected chi connectivity index (χ0v) is 12.4. The number of ether oxygens (including phenoxy) is 1. The van der Waals surface area contributed by atoms with Gasteiger partial charge in [0.05, 0.1) is 25.0 Å². The average molecular weight is 273 g/mol. The molecule has 20 heavy (non-hydrogen) atoms. The van der Waals surface area contributed by atoms with E-state index >= 15 is 0 Å². The summed E-state index contributed by atoms with van der Waals surface area (Å²) in [6, 6.07) is 8.99. The quantitative estimate of drug-likeness (QED) is 0.815. The lowest BCUT2D eigenvalue weighted by Gasteiger charge is -2.05. The van der Waals surface area contributed by atoms with Crippen molar-refractivity contribution < 1.29 is 4.74 Å². The van der Waals surface area contributed by atoms with Gasteiger partial charge in [-0.2, -0.15) is 0 Å². The number of benzene rings is 1. The van der Waals surface area contributed by atoms with Crippen LogP contribution >= 0.6 is 0 Å². The third-order valence-electron chi connectivity index (χ3n) is 3.17. The maximum Gasteiger partial charge on any atom is 0.120 e. The summed E-state index contributed by atoms with van der Waals surface area (Å²) in [5.74, 6) is 0.970. The second kappa shape index (κ2) is 7.22. The van der Waals surface area contributed by atoms with Crippen molar-refractivity contribution in [2.45, 2.75) is 32.9 Å². The van der Waals surface area contributed by atoms with Gasteiger partial charge in [-0.3, -0.25) is 0 Å². The van der Waals surface area contributed by atoms with E-state index in [0.29, 0.717) is 6.04 Å². The molecule has 0 bridgehead atoms. The van der Waals surface area contributed by atoms with Crippen LogP contribution in [0.1, 0.15) is 25.2 Å². The molecule has 0 saturated carbocycles. The molecule has 2 aromatic rings. The first-order chi connectivity index (χ1) is 9.69. The lowest BCUT2D eigenvalue weighted by Crippen LogP contribution is -2.22. The molecule has 2 N–H and O–H groups in total. The van der Waals surface area contributed by atoms with Crippen LogP contribution in [0, 0.1) is 0 Å². The summed E-state index contributed by atoms with van der Waals surface area (Å²) in [5.41, 5.74) is 3.51. The van der Waals surface area contributed by atoms with E-state index in [1.807, 2.05) is 6.20 Å². The van der Waals surface area contributed by atoms with E-state index in [1.54, 1.807) is 7.11 Å². The second-order valence-corrected chi connectivity index (χ2v) is 5.22. The summed E-state index contributed by atoms with van der Waals surface area (Å²) in [6.07, 6.45) is 2.84. The van der Waals surface area contributed by atoms with Crippen LogP contribution in [0.2, 0.25) is 0 Å². The molecule has 1 aromatic heterocycles. The van der Waals surface area contributed by atoms with Gasteiger partial charge in [-0.1, -0.05) is 38.1 Å². The first kappa shape index (κ1) is 14.8. The Bertz CT molecular complexity index is 517. The minimum Gasteiger partial charge on any atom is -0.384 e. The summed E-state index contributed by atoms with van der Waals surface area (Å²) in [5, 5.41) is 3.35. The van der Waals surface area contributed by atoms with Crippen LogP contribution in [0.3, 0.4) is 0 Å². The highest BCUT2D eigenvalue weighted by molar-refractivity contribution is 5.58. The topological polar surface area (TPSA) is 49.9 Å². The molecule has 0 amide bonds.